The number of rotatable bonds is 7. The molecule has 0 unspecified atom stereocenters. The molecule has 0 aromatic heterocycles. The van der Waals surface area contributed by atoms with Crippen LogP contribution in [-0.4, -0.2) is 57.4 Å². The van der Waals surface area contributed by atoms with Crippen LogP contribution in [0.5, 0.6) is 5.75 Å². The van der Waals surface area contributed by atoms with Crippen molar-refractivity contribution >= 4 is 21.9 Å². The zero-order valence-corrected chi connectivity index (χ0v) is 16.8. The van der Waals surface area contributed by atoms with Crippen molar-refractivity contribution in [1.82, 2.24) is 9.62 Å². The average molecular weight is 408 g/mol. The van der Waals surface area contributed by atoms with Gasteiger partial charge in [-0.2, -0.15) is 4.31 Å². The lowest BCUT2D eigenvalue weighted by molar-refractivity contribution is -0.123. The maximum absolute atomic E-state index is 13.1. The van der Waals surface area contributed by atoms with Gasteiger partial charge in [0, 0.05) is 12.6 Å². The summed E-state index contributed by atoms with van der Waals surface area (Å²) in [6, 6.07) is 3.87. The molecule has 1 aliphatic heterocycles. The van der Waals surface area contributed by atoms with E-state index in [1.54, 1.807) is 0 Å². The number of sulfonamides is 1. The van der Waals surface area contributed by atoms with E-state index in [4.69, 9.17) is 15.9 Å². The minimum Gasteiger partial charge on any atom is -0.495 e. The van der Waals surface area contributed by atoms with Crippen molar-refractivity contribution in [1.29, 1.82) is 0 Å². The number of methoxy groups -OCH3 is 1. The van der Waals surface area contributed by atoms with Crippen LogP contribution in [0.15, 0.2) is 23.1 Å². The number of hydrogen-bond acceptors (Lipinski definition) is 6. The highest BCUT2D eigenvalue weighted by Crippen LogP contribution is 2.31. The Balaban J connectivity index is 2.25. The third-order valence-electron chi connectivity index (χ3n) is 4.45. The number of carbonyl (C=O) groups excluding carboxylic acids is 2. The van der Waals surface area contributed by atoms with Crippen LogP contribution in [0.2, 0.25) is 0 Å². The first kappa shape index (κ1) is 21.7. The van der Waals surface area contributed by atoms with Gasteiger partial charge in [-0.3, -0.25) is 4.79 Å². The van der Waals surface area contributed by atoms with Crippen molar-refractivity contribution < 1.29 is 27.5 Å². The first-order valence-electron chi connectivity index (χ1n) is 8.88. The van der Waals surface area contributed by atoms with Crippen LogP contribution in [0.4, 0.5) is 0 Å². The number of carbonyl (C=O) groups is 2. The molecule has 0 saturated carbocycles. The van der Waals surface area contributed by atoms with Gasteiger partial charge in [-0.05, 0) is 38.0 Å². The van der Waals surface area contributed by atoms with Gasteiger partial charge >= 0.3 is 5.97 Å². The van der Waals surface area contributed by atoms with E-state index in [2.05, 4.69) is 11.2 Å². The van der Waals surface area contributed by atoms with E-state index in [0.717, 1.165) is 19.3 Å². The molecule has 1 atom stereocenters. The van der Waals surface area contributed by atoms with Gasteiger partial charge in [-0.1, -0.05) is 12.3 Å². The van der Waals surface area contributed by atoms with Gasteiger partial charge in [0.15, 0.2) is 6.61 Å². The van der Waals surface area contributed by atoms with Crippen molar-refractivity contribution in [3.05, 3.63) is 23.8 Å². The molecule has 8 nitrogen and oxygen atoms in total. The fourth-order valence-corrected chi connectivity index (χ4v) is 4.86. The standard InChI is InChI=1S/C19H24N2O6S/c1-4-10-20-18(22)13-27-19(23)15-8-9-16(26-3)17(12-15)28(24,25)21-11-6-5-7-14(21)2/h1,8-9,12,14H,5-7,10-11,13H2,2-3H3,(H,20,22)/t14-/m1/s1. The third kappa shape index (κ3) is 5.03. The summed E-state index contributed by atoms with van der Waals surface area (Å²) in [6.07, 6.45) is 7.56. The molecule has 1 aromatic carbocycles. The van der Waals surface area contributed by atoms with Crippen LogP contribution in [0.25, 0.3) is 0 Å². The summed E-state index contributed by atoms with van der Waals surface area (Å²) >= 11 is 0. The molecule has 1 aromatic rings. The molecular formula is C19H24N2O6S. The molecule has 2 rings (SSSR count). The predicted octanol–water partition coefficient (Wildman–Crippen LogP) is 1.16. The van der Waals surface area contributed by atoms with E-state index >= 15 is 0 Å². The molecule has 1 N–H and O–H groups in total. The summed E-state index contributed by atoms with van der Waals surface area (Å²) in [7, 11) is -2.49. The van der Waals surface area contributed by atoms with Crippen LogP contribution < -0.4 is 10.1 Å². The summed E-state index contributed by atoms with van der Waals surface area (Å²) in [5, 5.41) is 2.37. The fraction of sp³-hybridized carbons (Fsp3) is 0.474. The number of nitrogens with one attached hydrogen (secondary N) is 1. The van der Waals surface area contributed by atoms with Gasteiger partial charge in [0.1, 0.15) is 10.6 Å². The van der Waals surface area contributed by atoms with Gasteiger partial charge in [-0.15, -0.1) is 6.42 Å². The SMILES string of the molecule is C#CCNC(=O)COC(=O)c1ccc(OC)c(S(=O)(=O)N2CCCC[C@H]2C)c1. The minimum absolute atomic E-state index is 0.00814. The normalized spacial score (nSPS) is 17.4. The van der Waals surface area contributed by atoms with Gasteiger partial charge in [0.25, 0.3) is 5.91 Å². The van der Waals surface area contributed by atoms with Crippen LogP contribution in [0.1, 0.15) is 36.5 Å². The Morgan fingerprint density at radius 3 is 2.75 bits per heavy atom. The molecule has 1 aliphatic rings. The Kier molecular flexibility index (Phi) is 7.43. The van der Waals surface area contributed by atoms with Gasteiger partial charge in [-0.25, -0.2) is 13.2 Å². The topological polar surface area (TPSA) is 102 Å². The molecule has 1 heterocycles. The minimum atomic E-state index is -3.85. The van der Waals surface area contributed by atoms with E-state index in [0.29, 0.717) is 6.54 Å². The lowest BCUT2D eigenvalue weighted by Gasteiger charge is -2.32. The summed E-state index contributed by atoms with van der Waals surface area (Å²) in [5.41, 5.74) is 0.00814. The van der Waals surface area contributed by atoms with Crippen LogP contribution >= 0.6 is 0 Å². The highest BCUT2D eigenvalue weighted by Gasteiger charge is 2.33. The Bertz CT molecular complexity index is 875. The molecule has 0 radical (unpaired) electrons. The number of nitrogens with zero attached hydrogens (tertiary/aromatic N) is 1. The third-order valence-corrected chi connectivity index (χ3v) is 6.48. The second kappa shape index (κ2) is 9.57. The van der Waals surface area contributed by atoms with Crippen molar-refractivity contribution in [2.75, 3.05) is 26.8 Å². The average Bonchev–Trinajstić information content (AvgIpc) is 2.70. The summed E-state index contributed by atoms with van der Waals surface area (Å²) in [6.45, 7) is 1.78. The van der Waals surface area contributed by atoms with Crippen molar-refractivity contribution in [2.24, 2.45) is 0 Å². The van der Waals surface area contributed by atoms with E-state index in [-0.39, 0.29) is 28.8 Å². The number of terminal acetylenes is 1. The van der Waals surface area contributed by atoms with Crippen LogP contribution in [0.3, 0.4) is 0 Å². The molecule has 1 fully saturated rings. The van der Waals surface area contributed by atoms with Crippen molar-refractivity contribution in [3.63, 3.8) is 0 Å². The molecule has 1 amide bonds. The molecule has 152 valence electrons. The number of amides is 1. The molecule has 1 saturated heterocycles. The van der Waals surface area contributed by atoms with E-state index in [1.165, 1.54) is 29.6 Å². The summed E-state index contributed by atoms with van der Waals surface area (Å²) < 4.78 is 37.8. The zero-order chi connectivity index (χ0) is 20.7. The Labute approximate surface area is 165 Å². The number of esters is 1. The number of ether oxygens (including phenoxy) is 2. The second-order valence-electron chi connectivity index (χ2n) is 6.38. The lowest BCUT2D eigenvalue weighted by atomic mass is 10.1. The smallest absolute Gasteiger partial charge is 0.338 e. The zero-order valence-electron chi connectivity index (χ0n) is 15.9. The Morgan fingerprint density at radius 2 is 2.11 bits per heavy atom. The molecule has 0 bridgehead atoms. The highest BCUT2D eigenvalue weighted by molar-refractivity contribution is 7.89. The quantitative estimate of drug-likeness (QED) is 0.537. The lowest BCUT2D eigenvalue weighted by Crippen LogP contribution is -2.42. The van der Waals surface area contributed by atoms with E-state index in [1.807, 2.05) is 6.92 Å². The first-order chi connectivity index (χ1) is 13.3. The summed E-state index contributed by atoms with van der Waals surface area (Å²) in [5.74, 6) is 1.01. The molecular weight excluding hydrogens is 384 g/mol. The van der Waals surface area contributed by atoms with Crippen molar-refractivity contribution in [2.45, 2.75) is 37.1 Å². The van der Waals surface area contributed by atoms with E-state index in [9.17, 15) is 18.0 Å². The fourth-order valence-electron chi connectivity index (χ4n) is 2.98. The van der Waals surface area contributed by atoms with Crippen LogP contribution in [-0.2, 0) is 19.6 Å². The Morgan fingerprint density at radius 1 is 1.36 bits per heavy atom. The number of hydrogen-bond donors (Lipinski definition) is 1. The monoisotopic (exact) mass is 408 g/mol. The maximum Gasteiger partial charge on any atom is 0.338 e. The second-order valence-corrected chi connectivity index (χ2v) is 8.24. The first-order valence-corrected chi connectivity index (χ1v) is 10.3. The van der Waals surface area contributed by atoms with Gasteiger partial charge in [0.05, 0.1) is 19.2 Å². The number of piperidine rings is 1. The highest BCUT2D eigenvalue weighted by atomic mass is 32.2. The number of benzene rings is 1. The Hall–Kier alpha value is -2.57. The molecule has 28 heavy (non-hydrogen) atoms. The van der Waals surface area contributed by atoms with Gasteiger partial charge < -0.3 is 14.8 Å². The van der Waals surface area contributed by atoms with Crippen molar-refractivity contribution in [3.8, 4) is 18.1 Å². The molecule has 9 heteroatoms. The largest absolute Gasteiger partial charge is 0.495 e. The predicted molar refractivity (Wildman–Crippen MR) is 102 cm³/mol. The molecule has 0 aliphatic carbocycles. The van der Waals surface area contributed by atoms with Crippen LogP contribution in [0, 0.1) is 12.3 Å². The molecule has 0 spiro atoms. The van der Waals surface area contributed by atoms with E-state index < -0.39 is 28.5 Å². The summed E-state index contributed by atoms with van der Waals surface area (Å²) in [4.78, 5) is 23.6. The van der Waals surface area contributed by atoms with Gasteiger partial charge in [0.2, 0.25) is 10.0 Å². The maximum atomic E-state index is 13.1.